The Balaban J connectivity index is 1.71. The van der Waals surface area contributed by atoms with E-state index in [2.05, 4.69) is 26.2 Å². The van der Waals surface area contributed by atoms with Gasteiger partial charge in [0.2, 0.25) is 11.8 Å². The molecule has 7 heteroatoms. The molecule has 0 aliphatic carbocycles. The molecule has 2 amide bonds. The smallest absolute Gasteiger partial charge is 0.231 e. The van der Waals surface area contributed by atoms with Gasteiger partial charge in [-0.2, -0.15) is 0 Å². The van der Waals surface area contributed by atoms with E-state index in [0.29, 0.717) is 6.54 Å². The molecule has 0 bridgehead atoms. The SMILES string of the molecule is O=C(Nc1ncccc1O)[C@@H]1CC(=O)N(c2ccc(Br)cc2)C1. The van der Waals surface area contributed by atoms with Crippen molar-refractivity contribution in [3.8, 4) is 5.75 Å². The lowest BCUT2D eigenvalue weighted by Gasteiger charge is -2.16. The fourth-order valence-electron chi connectivity index (χ4n) is 2.47. The lowest BCUT2D eigenvalue weighted by Crippen LogP contribution is -2.28. The number of aromatic nitrogens is 1. The minimum absolute atomic E-state index is 0.0993. The van der Waals surface area contributed by atoms with Crippen LogP contribution in [0.5, 0.6) is 5.75 Å². The predicted molar refractivity (Wildman–Crippen MR) is 89.1 cm³/mol. The highest BCUT2D eigenvalue weighted by atomic mass is 79.9. The number of carbonyl (C=O) groups excluding carboxylic acids is 2. The molecule has 1 aliphatic rings. The number of carbonyl (C=O) groups is 2. The summed E-state index contributed by atoms with van der Waals surface area (Å²) in [7, 11) is 0. The van der Waals surface area contributed by atoms with Gasteiger partial charge < -0.3 is 15.3 Å². The van der Waals surface area contributed by atoms with Crippen molar-refractivity contribution >= 4 is 39.2 Å². The van der Waals surface area contributed by atoms with Gasteiger partial charge in [0.1, 0.15) is 0 Å². The van der Waals surface area contributed by atoms with E-state index in [-0.39, 0.29) is 29.8 Å². The van der Waals surface area contributed by atoms with Crippen LogP contribution >= 0.6 is 15.9 Å². The maximum absolute atomic E-state index is 12.3. The number of anilines is 2. The third-order valence-corrected chi connectivity index (χ3v) is 4.19. The fourth-order valence-corrected chi connectivity index (χ4v) is 2.73. The highest BCUT2D eigenvalue weighted by Gasteiger charge is 2.35. The number of rotatable bonds is 3. The quantitative estimate of drug-likeness (QED) is 0.863. The maximum Gasteiger partial charge on any atom is 0.231 e. The Hall–Kier alpha value is -2.41. The number of pyridine rings is 1. The second-order valence-electron chi connectivity index (χ2n) is 5.24. The maximum atomic E-state index is 12.3. The Bertz CT molecular complexity index is 748. The van der Waals surface area contributed by atoms with Crippen LogP contribution in [-0.4, -0.2) is 28.4 Å². The van der Waals surface area contributed by atoms with E-state index in [1.54, 1.807) is 11.0 Å². The van der Waals surface area contributed by atoms with Crippen molar-refractivity contribution in [2.45, 2.75) is 6.42 Å². The van der Waals surface area contributed by atoms with Gasteiger partial charge in [-0.05, 0) is 36.4 Å². The van der Waals surface area contributed by atoms with Crippen molar-refractivity contribution in [3.05, 3.63) is 47.1 Å². The summed E-state index contributed by atoms with van der Waals surface area (Å²) in [5.74, 6) is -0.904. The van der Waals surface area contributed by atoms with Crippen LogP contribution in [0.15, 0.2) is 47.1 Å². The third kappa shape index (κ3) is 3.34. The van der Waals surface area contributed by atoms with Crippen LogP contribution in [0.2, 0.25) is 0 Å². The zero-order chi connectivity index (χ0) is 16.4. The van der Waals surface area contributed by atoms with Gasteiger partial charge >= 0.3 is 0 Å². The zero-order valence-corrected chi connectivity index (χ0v) is 13.7. The van der Waals surface area contributed by atoms with E-state index in [4.69, 9.17) is 0 Å². The van der Waals surface area contributed by atoms with E-state index < -0.39 is 5.92 Å². The van der Waals surface area contributed by atoms with E-state index in [1.165, 1.54) is 12.3 Å². The van der Waals surface area contributed by atoms with E-state index in [0.717, 1.165) is 10.2 Å². The molecule has 2 aromatic rings. The van der Waals surface area contributed by atoms with E-state index >= 15 is 0 Å². The molecular weight excluding hydrogens is 362 g/mol. The van der Waals surface area contributed by atoms with Gasteiger partial charge in [-0.1, -0.05) is 15.9 Å². The standard InChI is InChI=1S/C16H14BrN3O3/c17-11-3-5-12(6-4-11)20-9-10(8-14(20)22)16(23)19-15-13(21)2-1-7-18-15/h1-7,10,21H,8-9H2,(H,18,19,23)/t10-/m1/s1. The van der Waals surface area contributed by atoms with Crippen molar-refractivity contribution in [3.63, 3.8) is 0 Å². The molecule has 23 heavy (non-hydrogen) atoms. The molecule has 1 atom stereocenters. The van der Waals surface area contributed by atoms with Crippen LogP contribution in [0.4, 0.5) is 11.5 Å². The molecule has 118 valence electrons. The van der Waals surface area contributed by atoms with Gasteiger partial charge in [0.25, 0.3) is 0 Å². The number of aromatic hydroxyl groups is 1. The van der Waals surface area contributed by atoms with Crippen LogP contribution in [0, 0.1) is 5.92 Å². The van der Waals surface area contributed by atoms with Gasteiger partial charge in [0.05, 0.1) is 5.92 Å². The fraction of sp³-hybridized carbons (Fsp3) is 0.188. The normalized spacial score (nSPS) is 17.3. The molecule has 1 aromatic carbocycles. The second-order valence-corrected chi connectivity index (χ2v) is 6.16. The lowest BCUT2D eigenvalue weighted by atomic mass is 10.1. The Morgan fingerprint density at radius 1 is 1.30 bits per heavy atom. The van der Waals surface area contributed by atoms with Crippen molar-refractivity contribution in [2.24, 2.45) is 5.92 Å². The lowest BCUT2D eigenvalue weighted by molar-refractivity contribution is -0.122. The molecule has 1 aliphatic heterocycles. The summed E-state index contributed by atoms with van der Waals surface area (Å²) in [6.07, 6.45) is 1.61. The Kier molecular flexibility index (Phi) is 4.29. The summed E-state index contributed by atoms with van der Waals surface area (Å²) in [4.78, 5) is 30.0. The number of halogens is 1. The van der Waals surface area contributed by atoms with Crippen molar-refractivity contribution in [1.82, 2.24) is 4.98 Å². The van der Waals surface area contributed by atoms with E-state index in [1.807, 2.05) is 24.3 Å². The van der Waals surface area contributed by atoms with Crippen molar-refractivity contribution in [1.29, 1.82) is 0 Å². The molecule has 2 heterocycles. The number of hydrogen-bond acceptors (Lipinski definition) is 4. The molecule has 1 fully saturated rings. The number of nitrogens with one attached hydrogen (secondary N) is 1. The number of amides is 2. The first-order valence-corrected chi connectivity index (χ1v) is 7.84. The van der Waals surface area contributed by atoms with Gasteiger partial charge in [0, 0.05) is 29.3 Å². The highest BCUT2D eigenvalue weighted by molar-refractivity contribution is 9.10. The van der Waals surface area contributed by atoms with Crippen molar-refractivity contribution in [2.75, 3.05) is 16.8 Å². The molecule has 6 nitrogen and oxygen atoms in total. The number of hydrogen-bond donors (Lipinski definition) is 2. The monoisotopic (exact) mass is 375 g/mol. The van der Waals surface area contributed by atoms with E-state index in [9.17, 15) is 14.7 Å². The molecule has 1 saturated heterocycles. The van der Waals surface area contributed by atoms with Crippen LogP contribution in [-0.2, 0) is 9.59 Å². The summed E-state index contributed by atoms with van der Waals surface area (Å²) < 4.78 is 0.924. The first-order chi connectivity index (χ1) is 11.0. The van der Waals surface area contributed by atoms with Gasteiger partial charge in [-0.25, -0.2) is 4.98 Å². The second kappa shape index (κ2) is 6.37. The molecule has 2 N–H and O–H groups in total. The molecule has 0 spiro atoms. The average Bonchev–Trinajstić information content (AvgIpc) is 2.92. The van der Waals surface area contributed by atoms with Gasteiger partial charge in [0.15, 0.2) is 11.6 Å². The summed E-state index contributed by atoms with van der Waals surface area (Å²) in [6, 6.07) is 10.4. The topological polar surface area (TPSA) is 82.5 Å². The van der Waals surface area contributed by atoms with Crippen LogP contribution in [0.25, 0.3) is 0 Å². The van der Waals surface area contributed by atoms with Crippen LogP contribution in [0.1, 0.15) is 6.42 Å². The third-order valence-electron chi connectivity index (χ3n) is 3.66. The largest absolute Gasteiger partial charge is 0.504 e. The summed E-state index contributed by atoms with van der Waals surface area (Å²) in [6.45, 7) is 0.305. The molecule has 0 unspecified atom stereocenters. The van der Waals surface area contributed by atoms with Crippen LogP contribution < -0.4 is 10.2 Å². The Labute approximate surface area is 141 Å². The summed E-state index contributed by atoms with van der Waals surface area (Å²) in [5, 5.41) is 12.2. The summed E-state index contributed by atoms with van der Waals surface area (Å²) >= 11 is 3.35. The molecule has 0 saturated carbocycles. The minimum atomic E-state index is -0.479. The minimum Gasteiger partial charge on any atom is -0.504 e. The first kappa shape index (κ1) is 15.5. The molecule has 0 radical (unpaired) electrons. The Morgan fingerprint density at radius 3 is 2.74 bits per heavy atom. The predicted octanol–water partition coefficient (Wildman–Crippen LogP) is 2.54. The van der Waals surface area contributed by atoms with Crippen LogP contribution in [0.3, 0.4) is 0 Å². The Morgan fingerprint density at radius 2 is 2.04 bits per heavy atom. The molecule has 3 rings (SSSR count). The zero-order valence-electron chi connectivity index (χ0n) is 12.1. The number of nitrogens with zero attached hydrogens (tertiary/aromatic N) is 2. The molecule has 1 aromatic heterocycles. The first-order valence-electron chi connectivity index (χ1n) is 7.05. The van der Waals surface area contributed by atoms with Crippen molar-refractivity contribution < 1.29 is 14.7 Å². The molecular formula is C16H14BrN3O3. The van der Waals surface area contributed by atoms with Gasteiger partial charge in [-0.3, -0.25) is 9.59 Å². The number of benzene rings is 1. The highest BCUT2D eigenvalue weighted by Crippen LogP contribution is 2.28. The van der Waals surface area contributed by atoms with Gasteiger partial charge in [-0.15, -0.1) is 0 Å². The summed E-state index contributed by atoms with van der Waals surface area (Å²) in [5.41, 5.74) is 0.759. The average molecular weight is 376 g/mol.